The summed E-state index contributed by atoms with van der Waals surface area (Å²) in [5.74, 6) is 0.986. The van der Waals surface area contributed by atoms with Gasteiger partial charge in [0, 0.05) is 12.1 Å². The minimum Gasteiger partial charge on any atom is -0.457 e. The molecule has 0 aliphatic carbocycles. The van der Waals surface area contributed by atoms with Gasteiger partial charge in [-0.05, 0) is 36.4 Å². The SMILES string of the molecule is N#CC(C#N)=NNc1ccc(Oc2ccc([N+](=O)[O-])cc2)cc1. The molecule has 0 unspecified atom stereocenters. The number of anilines is 1. The molecule has 0 heterocycles. The van der Waals surface area contributed by atoms with E-state index in [2.05, 4.69) is 10.5 Å². The van der Waals surface area contributed by atoms with Crippen molar-refractivity contribution in [1.82, 2.24) is 0 Å². The van der Waals surface area contributed by atoms with Gasteiger partial charge in [0.25, 0.3) is 5.69 Å². The summed E-state index contributed by atoms with van der Waals surface area (Å²) in [5, 5.41) is 31.3. The van der Waals surface area contributed by atoms with Crippen molar-refractivity contribution in [2.45, 2.75) is 0 Å². The average Bonchev–Trinajstić information content (AvgIpc) is 2.58. The van der Waals surface area contributed by atoms with Gasteiger partial charge >= 0.3 is 0 Å². The molecule has 0 saturated carbocycles. The zero-order valence-electron chi connectivity index (χ0n) is 11.6. The Bertz CT molecular complexity index is 798. The lowest BCUT2D eigenvalue weighted by molar-refractivity contribution is -0.384. The molecule has 0 aromatic heterocycles. The molecule has 2 aromatic rings. The van der Waals surface area contributed by atoms with Crippen LogP contribution in [-0.2, 0) is 0 Å². The fraction of sp³-hybridized carbons (Fsp3) is 0. The molecule has 0 bridgehead atoms. The molecule has 0 radical (unpaired) electrons. The summed E-state index contributed by atoms with van der Waals surface area (Å²) in [7, 11) is 0. The second kappa shape index (κ2) is 7.20. The maximum absolute atomic E-state index is 10.6. The van der Waals surface area contributed by atoms with Gasteiger partial charge in [-0.1, -0.05) is 0 Å². The first-order chi connectivity index (χ1) is 11.1. The Hall–Kier alpha value is -3.91. The lowest BCUT2D eigenvalue weighted by atomic mass is 10.3. The summed E-state index contributed by atoms with van der Waals surface area (Å²) in [6.45, 7) is 0. The zero-order valence-corrected chi connectivity index (χ0v) is 11.6. The first-order valence-electron chi connectivity index (χ1n) is 6.28. The molecule has 0 aliphatic heterocycles. The Kier molecular flexibility index (Phi) is 4.85. The molecule has 8 nitrogen and oxygen atoms in total. The molecule has 23 heavy (non-hydrogen) atoms. The highest BCUT2D eigenvalue weighted by molar-refractivity contribution is 6.10. The monoisotopic (exact) mass is 307 g/mol. The topological polar surface area (TPSA) is 124 Å². The number of nitro groups is 1. The van der Waals surface area contributed by atoms with Crippen molar-refractivity contribution < 1.29 is 9.66 Å². The third-order valence-corrected chi connectivity index (χ3v) is 2.65. The highest BCUT2D eigenvalue weighted by Crippen LogP contribution is 2.24. The molecule has 112 valence electrons. The minimum atomic E-state index is -0.485. The van der Waals surface area contributed by atoms with Crippen LogP contribution in [-0.4, -0.2) is 10.6 Å². The van der Waals surface area contributed by atoms with Gasteiger partial charge in [0.2, 0.25) is 5.71 Å². The predicted octanol–water partition coefficient (Wildman–Crippen LogP) is 3.20. The lowest BCUT2D eigenvalue weighted by Gasteiger charge is -2.06. The Morgan fingerprint density at radius 2 is 1.57 bits per heavy atom. The Labute approximate surface area is 131 Å². The third-order valence-electron chi connectivity index (χ3n) is 2.65. The number of ether oxygens (including phenoxy) is 1. The standard InChI is InChI=1S/C15H9N5O3/c16-9-12(10-17)19-18-11-1-5-14(6-2-11)23-15-7-3-13(4-8-15)20(21)22/h1-8,18H. The predicted molar refractivity (Wildman–Crippen MR) is 81.9 cm³/mol. The Balaban J connectivity index is 2.03. The second-order valence-electron chi connectivity index (χ2n) is 4.17. The van der Waals surface area contributed by atoms with E-state index in [-0.39, 0.29) is 11.4 Å². The molecule has 0 spiro atoms. The largest absolute Gasteiger partial charge is 0.457 e. The van der Waals surface area contributed by atoms with Crippen LogP contribution >= 0.6 is 0 Å². The molecule has 0 atom stereocenters. The Morgan fingerprint density at radius 1 is 1.04 bits per heavy atom. The number of nitrogens with zero attached hydrogens (tertiary/aromatic N) is 4. The average molecular weight is 307 g/mol. The van der Waals surface area contributed by atoms with Crippen LogP contribution in [0.4, 0.5) is 11.4 Å². The van der Waals surface area contributed by atoms with Crippen LogP contribution in [0.15, 0.2) is 53.6 Å². The molecule has 2 rings (SSSR count). The molecule has 8 heteroatoms. The maximum Gasteiger partial charge on any atom is 0.269 e. The molecule has 0 fully saturated rings. The number of hydrazone groups is 1. The van der Waals surface area contributed by atoms with Gasteiger partial charge in [-0.3, -0.25) is 15.5 Å². The number of nitriles is 2. The molecule has 0 aliphatic rings. The van der Waals surface area contributed by atoms with E-state index in [0.717, 1.165) is 0 Å². The summed E-state index contributed by atoms with van der Waals surface area (Å²) in [5.41, 5.74) is 2.85. The third kappa shape index (κ3) is 4.28. The maximum atomic E-state index is 10.6. The fourth-order valence-corrected chi connectivity index (χ4v) is 1.56. The van der Waals surface area contributed by atoms with Gasteiger partial charge in [-0.15, -0.1) is 0 Å². The highest BCUT2D eigenvalue weighted by Gasteiger charge is 2.05. The summed E-state index contributed by atoms with van der Waals surface area (Å²) in [6, 6.07) is 15.6. The van der Waals surface area contributed by atoms with Gasteiger partial charge in [0.1, 0.15) is 23.6 Å². The number of non-ortho nitro benzene ring substituents is 1. The van der Waals surface area contributed by atoms with Crippen molar-refractivity contribution in [3.63, 3.8) is 0 Å². The smallest absolute Gasteiger partial charge is 0.269 e. The van der Waals surface area contributed by atoms with Crippen molar-refractivity contribution >= 4 is 17.1 Å². The van der Waals surface area contributed by atoms with Gasteiger partial charge in [0.05, 0.1) is 10.6 Å². The van der Waals surface area contributed by atoms with Gasteiger partial charge in [-0.2, -0.15) is 15.6 Å². The van der Waals surface area contributed by atoms with E-state index in [1.165, 1.54) is 24.3 Å². The highest BCUT2D eigenvalue weighted by atomic mass is 16.6. The number of rotatable bonds is 5. The van der Waals surface area contributed by atoms with Crippen LogP contribution in [0, 0.1) is 32.8 Å². The summed E-state index contributed by atoms with van der Waals surface area (Å²) in [6.07, 6.45) is 0. The van der Waals surface area contributed by atoms with Crippen molar-refractivity contribution in [1.29, 1.82) is 10.5 Å². The number of hydrogen-bond donors (Lipinski definition) is 1. The molecule has 0 amide bonds. The molecule has 2 aromatic carbocycles. The lowest BCUT2D eigenvalue weighted by Crippen LogP contribution is -1.96. The summed E-state index contributed by atoms with van der Waals surface area (Å²) in [4.78, 5) is 10.1. The quantitative estimate of drug-likeness (QED) is 0.513. The molecule has 0 saturated heterocycles. The van der Waals surface area contributed by atoms with Crippen LogP contribution in [0.25, 0.3) is 0 Å². The van der Waals surface area contributed by atoms with Crippen molar-refractivity contribution in [3.05, 3.63) is 58.6 Å². The fourth-order valence-electron chi connectivity index (χ4n) is 1.56. The van der Waals surface area contributed by atoms with E-state index < -0.39 is 4.92 Å². The molecular formula is C15H9N5O3. The Morgan fingerprint density at radius 3 is 2.04 bits per heavy atom. The van der Waals surface area contributed by atoms with Crippen molar-refractivity contribution in [2.75, 3.05) is 5.43 Å². The zero-order chi connectivity index (χ0) is 16.7. The van der Waals surface area contributed by atoms with Crippen molar-refractivity contribution in [2.24, 2.45) is 5.10 Å². The number of nitro benzene ring substituents is 1. The van der Waals surface area contributed by atoms with Crippen LogP contribution in [0.2, 0.25) is 0 Å². The van der Waals surface area contributed by atoms with E-state index in [9.17, 15) is 10.1 Å². The minimum absolute atomic E-state index is 0.0134. The van der Waals surface area contributed by atoms with Crippen LogP contribution in [0.3, 0.4) is 0 Å². The van der Waals surface area contributed by atoms with Crippen molar-refractivity contribution in [3.8, 4) is 23.6 Å². The van der Waals surface area contributed by atoms with E-state index in [1.807, 2.05) is 0 Å². The van der Waals surface area contributed by atoms with E-state index in [4.69, 9.17) is 15.3 Å². The van der Waals surface area contributed by atoms with Crippen LogP contribution < -0.4 is 10.2 Å². The van der Waals surface area contributed by atoms with Gasteiger partial charge in [0.15, 0.2) is 0 Å². The van der Waals surface area contributed by atoms with Gasteiger partial charge < -0.3 is 4.74 Å². The normalized spacial score (nSPS) is 9.13. The van der Waals surface area contributed by atoms with E-state index in [0.29, 0.717) is 17.2 Å². The van der Waals surface area contributed by atoms with Crippen LogP contribution in [0.5, 0.6) is 11.5 Å². The number of nitrogens with one attached hydrogen (secondary N) is 1. The van der Waals surface area contributed by atoms with Gasteiger partial charge in [-0.25, -0.2) is 0 Å². The molecule has 1 N–H and O–H groups in total. The van der Waals surface area contributed by atoms with E-state index >= 15 is 0 Å². The number of hydrogen-bond acceptors (Lipinski definition) is 7. The summed E-state index contributed by atoms with van der Waals surface area (Å²) < 4.78 is 5.55. The second-order valence-corrected chi connectivity index (χ2v) is 4.17. The van der Waals surface area contributed by atoms with E-state index in [1.54, 1.807) is 36.4 Å². The first-order valence-corrected chi connectivity index (χ1v) is 6.28. The first kappa shape index (κ1) is 15.5. The molecular weight excluding hydrogens is 298 g/mol. The number of benzene rings is 2. The summed E-state index contributed by atoms with van der Waals surface area (Å²) >= 11 is 0. The van der Waals surface area contributed by atoms with Crippen LogP contribution in [0.1, 0.15) is 0 Å².